The summed E-state index contributed by atoms with van der Waals surface area (Å²) < 4.78 is 0. The van der Waals surface area contributed by atoms with Gasteiger partial charge in [-0.1, -0.05) is 53.7 Å². The second-order valence-electron chi connectivity index (χ2n) is 7.41. The van der Waals surface area contributed by atoms with Gasteiger partial charge in [-0.25, -0.2) is 0 Å². The van der Waals surface area contributed by atoms with Crippen molar-refractivity contribution in [3.63, 3.8) is 0 Å². The van der Waals surface area contributed by atoms with Gasteiger partial charge < -0.3 is 10.2 Å². The van der Waals surface area contributed by atoms with Gasteiger partial charge in [0.1, 0.15) is 0 Å². The Morgan fingerprint density at radius 3 is 2.72 bits per heavy atom. The first-order valence-electron chi connectivity index (χ1n) is 9.58. The van der Waals surface area contributed by atoms with E-state index in [1.807, 2.05) is 36.4 Å². The van der Waals surface area contributed by atoms with Gasteiger partial charge in [-0.15, -0.1) is 0 Å². The summed E-state index contributed by atoms with van der Waals surface area (Å²) in [5.41, 5.74) is 6.61. The van der Waals surface area contributed by atoms with E-state index in [0.29, 0.717) is 17.1 Å². The van der Waals surface area contributed by atoms with E-state index < -0.39 is 0 Å². The number of anilines is 1. The van der Waals surface area contributed by atoms with Crippen molar-refractivity contribution in [3.8, 4) is 0 Å². The molecule has 148 valence electrons. The fraction of sp³-hybridized carbons (Fsp3) is 0.208. The van der Waals surface area contributed by atoms with Crippen LogP contribution in [-0.2, 0) is 13.1 Å². The van der Waals surface area contributed by atoms with Crippen molar-refractivity contribution in [3.05, 3.63) is 87.4 Å². The Kier molecular flexibility index (Phi) is 5.57. The molecule has 29 heavy (non-hydrogen) atoms. The van der Waals surface area contributed by atoms with Crippen LogP contribution < -0.4 is 10.2 Å². The van der Waals surface area contributed by atoms with E-state index in [0.717, 1.165) is 17.0 Å². The molecule has 0 unspecified atom stereocenters. The lowest BCUT2D eigenvalue weighted by atomic mass is 10.1. The summed E-state index contributed by atoms with van der Waals surface area (Å²) in [7, 11) is 2.12. The highest BCUT2D eigenvalue weighted by Gasteiger charge is 2.21. The normalized spacial score (nSPS) is 12.8. The molecule has 0 aliphatic carbocycles. The Morgan fingerprint density at radius 2 is 1.93 bits per heavy atom. The molecule has 3 aromatic rings. The number of nitrogens with one attached hydrogen (secondary N) is 1. The van der Waals surface area contributed by atoms with E-state index in [1.165, 1.54) is 27.3 Å². The maximum absolute atomic E-state index is 12.8. The molecule has 0 aromatic heterocycles. The number of carbonyl (C=O) groups excluding carboxylic acids is 1. The minimum Gasteiger partial charge on any atom is -0.369 e. The summed E-state index contributed by atoms with van der Waals surface area (Å²) in [6.07, 6.45) is 0. The second kappa shape index (κ2) is 8.13. The van der Waals surface area contributed by atoms with Gasteiger partial charge in [0.05, 0.1) is 5.69 Å². The first-order chi connectivity index (χ1) is 13.9. The molecule has 3 nitrogen and oxygen atoms in total. The minimum absolute atomic E-state index is 0.0906. The summed E-state index contributed by atoms with van der Waals surface area (Å²) in [6.45, 7) is 5.53. The predicted octanol–water partition coefficient (Wildman–Crippen LogP) is 5.99. The van der Waals surface area contributed by atoms with Crippen molar-refractivity contribution in [2.45, 2.75) is 36.7 Å². The quantitative estimate of drug-likeness (QED) is 0.562. The van der Waals surface area contributed by atoms with Gasteiger partial charge in [0.25, 0.3) is 5.91 Å². The fourth-order valence-electron chi connectivity index (χ4n) is 3.50. The number of benzene rings is 3. The van der Waals surface area contributed by atoms with Crippen LogP contribution in [0.25, 0.3) is 0 Å². The Balaban J connectivity index is 1.60. The molecule has 0 saturated heterocycles. The van der Waals surface area contributed by atoms with Gasteiger partial charge >= 0.3 is 0 Å². The molecule has 1 N–H and O–H groups in total. The molecule has 3 aromatic carbocycles. The van der Waals surface area contributed by atoms with Crippen molar-refractivity contribution in [2.75, 3.05) is 11.9 Å². The molecule has 0 saturated carbocycles. The highest BCUT2D eigenvalue weighted by atomic mass is 35.5. The third kappa shape index (κ3) is 4.00. The molecule has 1 aliphatic rings. The zero-order chi connectivity index (χ0) is 20.5. The maximum atomic E-state index is 12.8. The zero-order valence-electron chi connectivity index (χ0n) is 16.8. The summed E-state index contributed by atoms with van der Waals surface area (Å²) >= 11 is 7.95. The lowest BCUT2D eigenvalue weighted by Gasteiger charge is -2.21. The predicted molar refractivity (Wildman–Crippen MR) is 121 cm³/mol. The molecule has 5 heteroatoms. The number of rotatable bonds is 3. The van der Waals surface area contributed by atoms with E-state index in [-0.39, 0.29) is 5.91 Å². The molecule has 0 bridgehead atoms. The van der Waals surface area contributed by atoms with Gasteiger partial charge in [-0.3, -0.25) is 4.79 Å². The molecule has 1 aliphatic heterocycles. The fourth-order valence-corrected chi connectivity index (χ4v) is 5.01. The summed E-state index contributed by atoms with van der Waals surface area (Å²) in [4.78, 5) is 17.4. The average molecular weight is 423 g/mol. The zero-order valence-corrected chi connectivity index (χ0v) is 18.3. The topological polar surface area (TPSA) is 32.3 Å². The first-order valence-corrected chi connectivity index (χ1v) is 10.8. The van der Waals surface area contributed by atoms with Crippen LogP contribution in [0.2, 0.25) is 5.02 Å². The number of carbonyl (C=O) groups is 1. The van der Waals surface area contributed by atoms with Gasteiger partial charge in [0.2, 0.25) is 0 Å². The number of hydrogen-bond acceptors (Lipinski definition) is 3. The largest absolute Gasteiger partial charge is 0.369 e. The third-order valence-corrected chi connectivity index (χ3v) is 7.10. The summed E-state index contributed by atoms with van der Waals surface area (Å²) in [5, 5.41) is 3.65. The second-order valence-corrected chi connectivity index (χ2v) is 8.87. The van der Waals surface area contributed by atoms with Crippen molar-refractivity contribution in [1.29, 1.82) is 0 Å². The number of halogens is 1. The lowest BCUT2D eigenvalue weighted by Crippen LogP contribution is -2.23. The third-order valence-electron chi connectivity index (χ3n) is 5.41. The highest BCUT2D eigenvalue weighted by Crippen LogP contribution is 2.43. The Hall–Kier alpha value is -2.43. The Morgan fingerprint density at radius 1 is 1.14 bits per heavy atom. The van der Waals surface area contributed by atoms with Crippen LogP contribution in [0.15, 0.2) is 64.4 Å². The monoisotopic (exact) mass is 422 g/mol. The minimum atomic E-state index is -0.0906. The van der Waals surface area contributed by atoms with Crippen molar-refractivity contribution in [1.82, 2.24) is 5.32 Å². The average Bonchev–Trinajstić information content (AvgIpc) is 2.85. The molecule has 0 atom stereocenters. The van der Waals surface area contributed by atoms with E-state index in [1.54, 1.807) is 11.8 Å². The van der Waals surface area contributed by atoms with E-state index in [9.17, 15) is 4.79 Å². The molecule has 4 rings (SSSR count). The number of aryl methyl sites for hydroxylation is 1. The molecule has 0 radical (unpaired) electrons. The van der Waals surface area contributed by atoms with E-state index >= 15 is 0 Å². The van der Waals surface area contributed by atoms with Gasteiger partial charge in [-0.05, 0) is 60.4 Å². The van der Waals surface area contributed by atoms with Gasteiger partial charge in [0.15, 0.2) is 0 Å². The van der Waals surface area contributed by atoms with Crippen LogP contribution in [0.4, 0.5) is 5.69 Å². The molecular formula is C24H23ClN2OS. The van der Waals surface area contributed by atoms with Crippen LogP contribution >= 0.6 is 23.4 Å². The summed E-state index contributed by atoms with van der Waals surface area (Å²) in [5.74, 6) is -0.0906. The van der Waals surface area contributed by atoms with Crippen LogP contribution in [-0.4, -0.2) is 13.0 Å². The molecule has 0 fully saturated rings. The molecule has 1 heterocycles. The number of nitrogens with zero attached hydrogens (tertiary/aromatic N) is 1. The standard InChI is InChI=1S/C24H23ClN2OS/c1-15-8-11-21-23(16(15)2)29-22-12-17(9-10-19(22)14-27(21)3)24(28)26-13-18-6-4-5-7-20(18)25/h4-12H,13-14H2,1-3H3,(H,26,28). The summed E-state index contributed by atoms with van der Waals surface area (Å²) in [6, 6.07) is 17.9. The van der Waals surface area contributed by atoms with E-state index in [4.69, 9.17) is 11.6 Å². The number of fused-ring (bicyclic) bond motifs is 2. The van der Waals surface area contributed by atoms with Gasteiger partial charge in [-0.2, -0.15) is 0 Å². The van der Waals surface area contributed by atoms with Crippen molar-refractivity contribution in [2.24, 2.45) is 0 Å². The van der Waals surface area contributed by atoms with Crippen LogP contribution in [0.3, 0.4) is 0 Å². The Bertz CT molecular complexity index is 1100. The number of amides is 1. The lowest BCUT2D eigenvalue weighted by molar-refractivity contribution is 0.0950. The molecular weight excluding hydrogens is 400 g/mol. The molecule has 0 spiro atoms. The van der Waals surface area contributed by atoms with Crippen molar-refractivity contribution >= 4 is 35.0 Å². The Labute approximate surface area is 181 Å². The SMILES string of the molecule is Cc1ccc2c(c1C)Sc1cc(C(=O)NCc3ccccc3Cl)ccc1CN2C. The maximum Gasteiger partial charge on any atom is 0.251 e. The van der Waals surface area contributed by atoms with Crippen LogP contribution in [0, 0.1) is 13.8 Å². The number of hydrogen-bond donors (Lipinski definition) is 1. The van der Waals surface area contributed by atoms with E-state index in [2.05, 4.69) is 49.3 Å². The van der Waals surface area contributed by atoms with Gasteiger partial charge in [0, 0.05) is 40.5 Å². The smallest absolute Gasteiger partial charge is 0.251 e. The van der Waals surface area contributed by atoms with Crippen LogP contribution in [0.1, 0.15) is 32.6 Å². The van der Waals surface area contributed by atoms with Crippen molar-refractivity contribution < 1.29 is 4.79 Å². The molecule has 1 amide bonds. The van der Waals surface area contributed by atoms with Crippen LogP contribution in [0.5, 0.6) is 0 Å². The highest BCUT2D eigenvalue weighted by molar-refractivity contribution is 7.99. The first kappa shape index (κ1) is 19.9.